The van der Waals surface area contributed by atoms with Crippen molar-refractivity contribution in [1.82, 2.24) is 9.97 Å². The molecule has 0 atom stereocenters. The molecule has 2 aromatic rings. The fourth-order valence-electron chi connectivity index (χ4n) is 1.78. The van der Waals surface area contributed by atoms with Crippen LogP contribution in [0.25, 0.3) is 10.6 Å². The van der Waals surface area contributed by atoms with Crippen LogP contribution in [0.15, 0.2) is 29.1 Å². The fraction of sp³-hybridized carbons (Fsp3) is 0.357. The molecule has 0 N–H and O–H groups in total. The Morgan fingerprint density at radius 2 is 2.25 bits per heavy atom. The van der Waals surface area contributed by atoms with E-state index in [1.807, 2.05) is 32.9 Å². The number of pyridine rings is 1. The number of thiazole rings is 1. The normalized spacial score (nSPS) is 10.8. The van der Waals surface area contributed by atoms with Gasteiger partial charge in [0.15, 0.2) is 0 Å². The van der Waals surface area contributed by atoms with Crippen molar-refractivity contribution in [1.29, 1.82) is 0 Å². The molecule has 20 heavy (non-hydrogen) atoms. The molecule has 2 heterocycles. The molecule has 0 aromatic carbocycles. The number of anilines is 1. The number of carbonyl (C=O) groups excluding carboxylic acids is 1. The molecule has 2 aromatic heterocycles. The fourth-order valence-corrected chi connectivity index (χ4v) is 3.55. The van der Waals surface area contributed by atoms with Gasteiger partial charge in [0.25, 0.3) is 0 Å². The van der Waals surface area contributed by atoms with Crippen LogP contribution in [0.1, 0.15) is 20.8 Å². The first kappa shape index (κ1) is 15.1. The number of aromatic nitrogens is 2. The summed E-state index contributed by atoms with van der Waals surface area (Å²) in [6.45, 7) is 6.41. The van der Waals surface area contributed by atoms with Crippen LogP contribution in [-0.4, -0.2) is 22.4 Å². The predicted molar refractivity (Wildman–Crippen MR) is 85.9 cm³/mol. The Hall–Kier alpha value is -1.27. The van der Waals surface area contributed by atoms with Crippen molar-refractivity contribution in [2.45, 2.75) is 20.8 Å². The molecular weight excluding hydrogens is 338 g/mol. The summed E-state index contributed by atoms with van der Waals surface area (Å²) in [5, 5.41) is 1.71. The Kier molecular flexibility index (Phi) is 4.88. The molecule has 6 heteroatoms. The molecule has 106 valence electrons. The third-order valence-corrected chi connectivity index (χ3v) is 4.74. The molecule has 4 nitrogen and oxygen atoms in total. The van der Waals surface area contributed by atoms with Crippen molar-refractivity contribution in [3.8, 4) is 10.6 Å². The van der Waals surface area contributed by atoms with Crippen molar-refractivity contribution >= 4 is 38.2 Å². The Morgan fingerprint density at radius 1 is 1.50 bits per heavy atom. The zero-order valence-electron chi connectivity index (χ0n) is 11.6. The van der Waals surface area contributed by atoms with Crippen molar-refractivity contribution in [3.05, 3.63) is 29.1 Å². The Labute approximate surface area is 131 Å². The summed E-state index contributed by atoms with van der Waals surface area (Å²) in [5.74, 6) is 0.0698. The van der Waals surface area contributed by atoms with Crippen molar-refractivity contribution in [2.75, 3.05) is 11.4 Å². The van der Waals surface area contributed by atoms with Gasteiger partial charge >= 0.3 is 0 Å². The lowest BCUT2D eigenvalue weighted by Crippen LogP contribution is -2.33. The van der Waals surface area contributed by atoms with E-state index in [9.17, 15) is 4.79 Å². The molecule has 2 rings (SSSR count). The van der Waals surface area contributed by atoms with Crippen LogP contribution in [-0.2, 0) is 4.79 Å². The van der Waals surface area contributed by atoms with E-state index in [1.54, 1.807) is 17.3 Å². The smallest absolute Gasteiger partial charge is 0.230 e. The number of nitrogens with zero attached hydrogens (tertiary/aromatic N) is 3. The highest BCUT2D eigenvalue weighted by Crippen LogP contribution is 2.38. The first-order valence-electron chi connectivity index (χ1n) is 6.42. The standard InChI is InChI=1S/C14H16BrN3OS/c1-4-18(13(19)9(2)3)14-11(15)17-12(20-14)10-6-5-7-16-8-10/h5-9H,4H2,1-3H3. The van der Waals surface area contributed by atoms with Crippen LogP contribution in [0, 0.1) is 5.92 Å². The molecule has 0 fully saturated rings. The molecule has 0 spiro atoms. The van der Waals surface area contributed by atoms with Crippen LogP contribution in [0.5, 0.6) is 0 Å². The van der Waals surface area contributed by atoms with Gasteiger partial charge in [0.05, 0.1) is 0 Å². The van der Waals surface area contributed by atoms with E-state index in [0.29, 0.717) is 11.1 Å². The maximum absolute atomic E-state index is 12.2. The quantitative estimate of drug-likeness (QED) is 0.834. The molecular formula is C14H16BrN3OS. The maximum Gasteiger partial charge on any atom is 0.230 e. The van der Waals surface area contributed by atoms with Gasteiger partial charge in [-0.15, -0.1) is 0 Å². The highest BCUT2D eigenvalue weighted by Gasteiger charge is 2.23. The van der Waals surface area contributed by atoms with Gasteiger partial charge in [-0.3, -0.25) is 9.78 Å². The van der Waals surface area contributed by atoms with Crippen LogP contribution in [0.3, 0.4) is 0 Å². The molecule has 1 amide bonds. The van der Waals surface area contributed by atoms with Gasteiger partial charge in [-0.05, 0) is 35.0 Å². The van der Waals surface area contributed by atoms with E-state index in [4.69, 9.17) is 0 Å². The number of rotatable bonds is 4. The summed E-state index contributed by atoms with van der Waals surface area (Å²) in [6, 6.07) is 3.84. The van der Waals surface area contributed by atoms with E-state index < -0.39 is 0 Å². The Morgan fingerprint density at radius 3 is 2.80 bits per heavy atom. The molecule has 0 saturated heterocycles. The number of hydrogen-bond donors (Lipinski definition) is 0. The summed E-state index contributed by atoms with van der Waals surface area (Å²) in [7, 11) is 0. The third-order valence-electron chi connectivity index (χ3n) is 2.80. The molecule has 0 aliphatic rings. The number of carbonyl (C=O) groups is 1. The van der Waals surface area contributed by atoms with Gasteiger partial charge < -0.3 is 4.90 Å². The van der Waals surface area contributed by atoms with Crippen LogP contribution >= 0.6 is 27.3 Å². The minimum absolute atomic E-state index is 0.0363. The number of hydrogen-bond acceptors (Lipinski definition) is 4. The summed E-state index contributed by atoms with van der Waals surface area (Å²) in [6.07, 6.45) is 3.50. The maximum atomic E-state index is 12.2. The summed E-state index contributed by atoms with van der Waals surface area (Å²) < 4.78 is 0.706. The van der Waals surface area contributed by atoms with Gasteiger partial charge in [0.1, 0.15) is 14.6 Å². The van der Waals surface area contributed by atoms with Crippen molar-refractivity contribution in [3.63, 3.8) is 0 Å². The average Bonchev–Trinajstić information content (AvgIpc) is 2.83. The minimum atomic E-state index is -0.0363. The zero-order valence-corrected chi connectivity index (χ0v) is 14.0. The lowest BCUT2D eigenvalue weighted by Gasteiger charge is -2.21. The van der Waals surface area contributed by atoms with E-state index in [-0.39, 0.29) is 11.8 Å². The van der Waals surface area contributed by atoms with Crippen LogP contribution < -0.4 is 4.90 Å². The SMILES string of the molecule is CCN(C(=O)C(C)C)c1sc(-c2cccnc2)nc1Br. The predicted octanol–water partition coefficient (Wildman–Crippen LogP) is 3.98. The molecule has 0 aliphatic heterocycles. The second kappa shape index (κ2) is 6.45. The number of halogens is 1. The van der Waals surface area contributed by atoms with Gasteiger partial charge in [0.2, 0.25) is 5.91 Å². The molecule has 0 bridgehead atoms. The molecule has 0 aliphatic carbocycles. The zero-order chi connectivity index (χ0) is 14.7. The van der Waals surface area contributed by atoms with Crippen LogP contribution in [0.2, 0.25) is 0 Å². The average molecular weight is 354 g/mol. The Balaban J connectivity index is 2.38. The minimum Gasteiger partial charge on any atom is -0.302 e. The first-order valence-corrected chi connectivity index (χ1v) is 8.03. The van der Waals surface area contributed by atoms with E-state index >= 15 is 0 Å². The van der Waals surface area contributed by atoms with Gasteiger partial charge in [0, 0.05) is 30.4 Å². The van der Waals surface area contributed by atoms with Crippen molar-refractivity contribution in [2.24, 2.45) is 5.92 Å². The van der Waals surface area contributed by atoms with E-state index in [0.717, 1.165) is 15.6 Å². The number of amides is 1. The largest absolute Gasteiger partial charge is 0.302 e. The Bertz CT molecular complexity index is 598. The second-order valence-electron chi connectivity index (χ2n) is 4.59. The van der Waals surface area contributed by atoms with Crippen LogP contribution in [0.4, 0.5) is 5.00 Å². The second-order valence-corrected chi connectivity index (χ2v) is 6.32. The summed E-state index contributed by atoms with van der Waals surface area (Å²) in [4.78, 5) is 22.6. The van der Waals surface area contributed by atoms with Gasteiger partial charge in [-0.1, -0.05) is 25.2 Å². The summed E-state index contributed by atoms with van der Waals surface area (Å²) >= 11 is 4.96. The van der Waals surface area contributed by atoms with Gasteiger partial charge in [-0.2, -0.15) is 0 Å². The monoisotopic (exact) mass is 353 g/mol. The first-order chi connectivity index (χ1) is 9.54. The van der Waals surface area contributed by atoms with E-state index in [1.165, 1.54) is 11.3 Å². The highest BCUT2D eigenvalue weighted by atomic mass is 79.9. The molecule has 0 unspecified atom stereocenters. The topological polar surface area (TPSA) is 46.1 Å². The van der Waals surface area contributed by atoms with E-state index in [2.05, 4.69) is 25.9 Å². The molecule has 0 saturated carbocycles. The summed E-state index contributed by atoms with van der Waals surface area (Å²) in [5.41, 5.74) is 0.956. The third kappa shape index (κ3) is 3.07. The molecule has 0 radical (unpaired) electrons. The lowest BCUT2D eigenvalue weighted by molar-refractivity contribution is -0.121. The lowest BCUT2D eigenvalue weighted by atomic mass is 10.2. The van der Waals surface area contributed by atoms with Crippen molar-refractivity contribution < 1.29 is 4.79 Å². The van der Waals surface area contributed by atoms with Gasteiger partial charge in [-0.25, -0.2) is 4.98 Å². The highest BCUT2D eigenvalue weighted by molar-refractivity contribution is 9.10.